The Balaban J connectivity index is 2.72. The van der Waals surface area contributed by atoms with Gasteiger partial charge < -0.3 is 5.11 Å². The van der Waals surface area contributed by atoms with Gasteiger partial charge in [0.2, 0.25) is 10.0 Å². The predicted octanol–water partition coefficient (Wildman–Crippen LogP) is 2.50. The van der Waals surface area contributed by atoms with Gasteiger partial charge in [0, 0.05) is 19.5 Å². The minimum atomic E-state index is -4.36. The first kappa shape index (κ1) is 15.6. The molecule has 0 saturated heterocycles. The molecule has 0 radical (unpaired) electrons. The van der Waals surface area contributed by atoms with Gasteiger partial charge >= 0.3 is 6.18 Å². The van der Waals surface area contributed by atoms with E-state index in [1.165, 1.54) is 31.3 Å². The van der Waals surface area contributed by atoms with Crippen molar-refractivity contribution in [2.75, 3.05) is 17.1 Å². The van der Waals surface area contributed by atoms with E-state index in [1.807, 2.05) is 0 Å². The molecule has 0 heterocycles. The number of rotatable bonds is 5. The van der Waals surface area contributed by atoms with Crippen LogP contribution in [-0.4, -0.2) is 32.5 Å². The molecule has 8 heteroatoms. The van der Waals surface area contributed by atoms with Crippen molar-refractivity contribution in [2.24, 2.45) is 0 Å². The third-order valence-corrected chi connectivity index (χ3v) is 4.32. The van der Waals surface area contributed by atoms with Gasteiger partial charge in [-0.2, -0.15) is 13.2 Å². The number of aromatic hydroxyl groups is 1. The molecular weight excluding hydrogens is 283 g/mol. The number of nitrogens with zero attached hydrogens (tertiary/aromatic N) is 1. The number of anilines is 1. The fraction of sp³-hybridized carbons (Fsp3) is 0.455. The molecule has 19 heavy (non-hydrogen) atoms. The normalized spacial score (nSPS) is 12.4. The van der Waals surface area contributed by atoms with Gasteiger partial charge in [-0.15, -0.1) is 0 Å². The van der Waals surface area contributed by atoms with Gasteiger partial charge in [-0.25, -0.2) is 8.42 Å². The van der Waals surface area contributed by atoms with Gasteiger partial charge in [-0.3, -0.25) is 4.31 Å². The first-order valence-electron chi connectivity index (χ1n) is 5.44. The van der Waals surface area contributed by atoms with Crippen molar-refractivity contribution in [1.29, 1.82) is 0 Å². The minimum Gasteiger partial charge on any atom is -0.508 e. The van der Waals surface area contributed by atoms with Crippen LogP contribution < -0.4 is 4.31 Å². The highest BCUT2D eigenvalue weighted by Crippen LogP contribution is 2.24. The zero-order chi connectivity index (χ0) is 14.7. The highest BCUT2D eigenvalue weighted by Gasteiger charge is 2.28. The summed E-state index contributed by atoms with van der Waals surface area (Å²) in [5, 5.41) is 9.24. The summed E-state index contributed by atoms with van der Waals surface area (Å²) in [5.41, 5.74) is 0.201. The van der Waals surface area contributed by atoms with E-state index >= 15 is 0 Å². The first-order chi connectivity index (χ1) is 8.62. The highest BCUT2D eigenvalue weighted by atomic mass is 32.2. The maximum atomic E-state index is 12.0. The Morgan fingerprint density at radius 3 is 2.47 bits per heavy atom. The Bertz CT molecular complexity index is 528. The lowest BCUT2D eigenvalue weighted by Gasteiger charge is -2.19. The molecule has 0 amide bonds. The van der Waals surface area contributed by atoms with Crippen LogP contribution in [0.5, 0.6) is 5.75 Å². The highest BCUT2D eigenvalue weighted by molar-refractivity contribution is 7.92. The summed E-state index contributed by atoms with van der Waals surface area (Å²) in [6.07, 6.45) is -5.99. The van der Waals surface area contributed by atoms with Gasteiger partial charge in [0.15, 0.2) is 0 Å². The van der Waals surface area contributed by atoms with E-state index in [9.17, 15) is 26.7 Å². The lowest BCUT2D eigenvalue weighted by atomic mass is 10.3. The standard InChI is InChI=1S/C11H14F3NO3S/c1-15(9-4-2-5-10(16)8-9)19(17,18)7-3-6-11(12,13)14/h2,4-5,8,16H,3,6-7H2,1H3. The van der Waals surface area contributed by atoms with Crippen LogP contribution in [0, 0.1) is 0 Å². The zero-order valence-electron chi connectivity index (χ0n) is 10.2. The van der Waals surface area contributed by atoms with Crippen LogP contribution in [0.25, 0.3) is 0 Å². The number of alkyl halides is 3. The van der Waals surface area contributed by atoms with E-state index in [2.05, 4.69) is 0 Å². The molecule has 108 valence electrons. The van der Waals surface area contributed by atoms with Crippen LogP contribution in [0.1, 0.15) is 12.8 Å². The Labute approximate surface area is 109 Å². The Morgan fingerprint density at radius 2 is 1.95 bits per heavy atom. The first-order valence-corrected chi connectivity index (χ1v) is 7.05. The molecular formula is C11H14F3NO3S. The Hall–Kier alpha value is -1.44. The van der Waals surface area contributed by atoms with Crippen molar-refractivity contribution in [3.05, 3.63) is 24.3 Å². The molecule has 0 aromatic heterocycles. The van der Waals surface area contributed by atoms with Gasteiger partial charge in [-0.1, -0.05) is 6.07 Å². The van der Waals surface area contributed by atoms with Crippen LogP contribution in [0.3, 0.4) is 0 Å². The van der Waals surface area contributed by atoms with Crippen molar-refractivity contribution in [2.45, 2.75) is 19.0 Å². The number of phenolic OH excluding ortho intramolecular Hbond substituents is 1. The summed E-state index contributed by atoms with van der Waals surface area (Å²) >= 11 is 0. The van der Waals surface area contributed by atoms with Crippen LogP contribution in [-0.2, 0) is 10.0 Å². The van der Waals surface area contributed by atoms with Gasteiger partial charge in [-0.05, 0) is 18.6 Å². The van der Waals surface area contributed by atoms with Crippen molar-refractivity contribution >= 4 is 15.7 Å². The molecule has 4 nitrogen and oxygen atoms in total. The fourth-order valence-electron chi connectivity index (χ4n) is 1.44. The van der Waals surface area contributed by atoms with E-state index in [-0.39, 0.29) is 11.4 Å². The van der Waals surface area contributed by atoms with E-state index in [4.69, 9.17) is 0 Å². The summed E-state index contributed by atoms with van der Waals surface area (Å²) in [7, 11) is -2.60. The van der Waals surface area contributed by atoms with Crippen LogP contribution in [0.2, 0.25) is 0 Å². The number of hydrogen-bond acceptors (Lipinski definition) is 3. The molecule has 0 fully saturated rings. The summed E-state index contributed by atoms with van der Waals surface area (Å²) < 4.78 is 60.4. The monoisotopic (exact) mass is 297 g/mol. The number of phenols is 1. The van der Waals surface area contributed by atoms with Gasteiger partial charge in [0.25, 0.3) is 0 Å². The number of hydrogen-bond donors (Lipinski definition) is 1. The number of halogens is 3. The summed E-state index contributed by atoms with van der Waals surface area (Å²) in [6, 6.07) is 5.49. The molecule has 0 unspecified atom stereocenters. The number of benzene rings is 1. The van der Waals surface area contributed by atoms with Crippen LogP contribution in [0.4, 0.5) is 18.9 Å². The van der Waals surface area contributed by atoms with E-state index in [1.54, 1.807) is 0 Å². The minimum absolute atomic E-state index is 0.116. The summed E-state index contributed by atoms with van der Waals surface area (Å²) in [4.78, 5) is 0. The largest absolute Gasteiger partial charge is 0.508 e. The molecule has 0 aliphatic heterocycles. The SMILES string of the molecule is CN(c1cccc(O)c1)S(=O)(=O)CCCC(F)(F)F. The lowest BCUT2D eigenvalue weighted by molar-refractivity contribution is -0.134. The Kier molecular flexibility index (Phi) is 4.67. The van der Waals surface area contributed by atoms with Crippen molar-refractivity contribution < 1.29 is 26.7 Å². The second kappa shape index (κ2) is 5.68. The summed E-state index contributed by atoms with van der Waals surface area (Å²) in [5.74, 6) is -0.714. The van der Waals surface area contributed by atoms with Crippen molar-refractivity contribution in [3.8, 4) is 5.75 Å². The molecule has 0 spiro atoms. The fourth-order valence-corrected chi connectivity index (χ4v) is 2.66. The van der Waals surface area contributed by atoms with Crippen LogP contribution in [0.15, 0.2) is 24.3 Å². The summed E-state index contributed by atoms with van der Waals surface area (Å²) in [6.45, 7) is 0. The van der Waals surface area contributed by atoms with Gasteiger partial charge in [0.05, 0.1) is 11.4 Å². The average Bonchev–Trinajstić information content (AvgIpc) is 2.25. The molecule has 0 aliphatic carbocycles. The molecule has 1 aromatic rings. The maximum Gasteiger partial charge on any atom is 0.389 e. The number of sulfonamides is 1. The predicted molar refractivity (Wildman–Crippen MR) is 65.6 cm³/mol. The van der Waals surface area contributed by atoms with Crippen LogP contribution >= 0.6 is 0 Å². The molecule has 0 aliphatic rings. The lowest BCUT2D eigenvalue weighted by Crippen LogP contribution is -2.29. The van der Waals surface area contributed by atoms with Gasteiger partial charge in [0.1, 0.15) is 5.75 Å². The topological polar surface area (TPSA) is 57.6 Å². The Morgan fingerprint density at radius 1 is 1.32 bits per heavy atom. The second-order valence-corrected chi connectivity index (χ2v) is 6.14. The molecule has 1 N–H and O–H groups in total. The smallest absolute Gasteiger partial charge is 0.389 e. The second-order valence-electron chi connectivity index (χ2n) is 4.02. The molecule has 1 rings (SSSR count). The molecule has 0 bridgehead atoms. The van der Waals surface area contributed by atoms with E-state index in [0.29, 0.717) is 0 Å². The third-order valence-electron chi connectivity index (χ3n) is 2.47. The van der Waals surface area contributed by atoms with Crippen molar-refractivity contribution in [1.82, 2.24) is 0 Å². The zero-order valence-corrected chi connectivity index (χ0v) is 11.0. The van der Waals surface area contributed by atoms with Crippen molar-refractivity contribution in [3.63, 3.8) is 0 Å². The quantitative estimate of drug-likeness (QED) is 0.908. The molecule has 1 aromatic carbocycles. The maximum absolute atomic E-state index is 12.0. The molecule has 0 atom stereocenters. The third kappa shape index (κ3) is 4.98. The average molecular weight is 297 g/mol. The van der Waals surface area contributed by atoms with E-state index in [0.717, 1.165) is 4.31 Å². The molecule has 0 saturated carbocycles. The van der Waals surface area contributed by atoms with E-state index < -0.39 is 34.8 Å².